The minimum atomic E-state index is -0.203. The lowest BCUT2D eigenvalue weighted by Crippen LogP contribution is -2.26. The van der Waals surface area contributed by atoms with Crippen LogP contribution in [0.2, 0.25) is 0 Å². The van der Waals surface area contributed by atoms with E-state index in [1.165, 1.54) is 0 Å². The maximum atomic E-state index is 11.9. The van der Waals surface area contributed by atoms with Gasteiger partial charge in [0.15, 0.2) is 0 Å². The van der Waals surface area contributed by atoms with Crippen molar-refractivity contribution in [1.29, 1.82) is 5.26 Å². The van der Waals surface area contributed by atoms with E-state index >= 15 is 0 Å². The summed E-state index contributed by atoms with van der Waals surface area (Å²) < 4.78 is 4.92. The fourth-order valence-electron chi connectivity index (χ4n) is 1.91. The van der Waals surface area contributed by atoms with Gasteiger partial charge in [-0.05, 0) is 42.8 Å². The lowest BCUT2D eigenvalue weighted by Gasteiger charge is -2.07. The number of anilines is 2. The Morgan fingerprint density at radius 1 is 1.22 bits per heavy atom. The Labute approximate surface area is 135 Å². The molecule has 6 heteroatoms. The van der Waals surface area contributed by atoms with Crippen LogP contribution in [0, 0.1) is 11.3 Å². The number of amides is 1. The molecule has 118 valence electrons. The summed E-state index contributed by atoms with van der Waals surface area (Å²) >= 11 is 0. The number of aromatic nitrogens is 1. The third-order valence-corrected chi connectivity index (χ3v) is 3.11. The van der Waals surface area contributed by atoms with E-state index in [1.807, 2.05) is 12.1 Å². The summed E-state index contributed by atoms with van der Waals surface area (Å²) in [7, 11) is 1.63. The van der Waals surface area contributed by atoms with Crippen molar-refractivity contribution in [1.82, 2.24) is 10.3 Å². The van der Waals surface area contributed by atoms with Crippen LogP contribution in [0.4, 0.5) is 11.4 Å². The van der Waals surface area contributed by atoms with Gasteiger partial charge >= 0.3 is 0 Å². The minimum Gasteiger partial charge on any atom is -0.385 e. The molecule has 0 saturated carbocycles. The zero-order chi connectivity index (χ0) is 16.5. The van der Waals surface area contributed by atoms with Crippen LogP contribution >= 0.6 is 0 Å². The molecule has 0 unspecified atom stereocenters. The van der Waals surface area contributed by atoms with Crippen molar-refractivity contribution in [2.45, 2.75) is 6.42 Å². The normalized spacial score (nSPS) is 9.91. The average Bonchev–Trinajstić information content (AvgIpc) is 2.60. The molecule has 0 fully saturated rings. The van der Waals surface area contributed by atoms with Gasteiger partial charge in [-0.1, -0.05) is 0 Å². The molecular formula is C17H18N4O2. The molecule has 2 aromatic rings. The van der Waals surface area contributed by atoms with Crippen LogP contribution in [0.5, 0.6) is 0 Å². The number of nitrogens with one attached hydrogen (secondary N) is 2. The number of benzene rings is 1. The fourth-order valence-corrected chi connectivity index (χ4v) is 1.91. The van der Waals surface area contributed by atoms with Crippen molar-refractivity contribution in [3.8, 4) is 6.07 Å². The van der Waals surface area contributed by atoms with E-state index in [-0.39, 0.29) is 5.91 Å². The Kier molecular flexibility index (Phi) is 6.09. The molecule has 0 bridgehead atoms. The van der Waals surface area contributed by atoms with E-state index in [0.717, 1.165) is 17.8 Å². The van der Waals surface area contributed by atoms with Crippen molar-refractivity contribution in [3.63, 3.8) is 0 Å². The molecule has 0 radical (unpaired) electrons. The second-order valence-electron chi connectivity index (χ2n) is 4.85. The lowest BCUT2D eigenvalue weighted by atomic mass is 10.2. The van der Waals surface area contributed by atoms with Crippen LogP contribution < -0.4 is 10.6 Å². The third kappa shape index (κ3) is 5.09. The molecule has 1 aromatic heterocycles. The molecule has 0 saturated heterocycles. The van der Waals surface area contributed by atoms with E-state index in [0.29, 0.717) is 24.4 Å². The quantitative estimate of drug-likeness (QED) is 0.767. The summed E-state index contributed by atoms with van der Waals surface area (Å²) in [5, 5.41) is 14.7. The highest BCUT2D eigenvalue weighted by Crippen LogP contribution is 2.16. The number of pyridine rings is 1. The summed E-state index contributed by atoms with van der Waals surface area (Å²) in [6.07, 6.45) is 2.36. The van der Waals surface area contributed by atoms with Crippen LogP contribution in [-0.4, -0.2) is 31.2 Å². The van der Waals surface area contributed by atoms with Crippen LogP contribution in [0.3, 0.4) is 0 Å². The number of methoxy groups -OCH3 is 1. The van der Waals surface area contributed by atoms with E-state index in [1.54, 1.807) is 37.6 Å². The van der Waals surface area contributed by atoms with Gasteiger partial charge in [0, 0.05) is 25.9 Å². The predicted molar refractivity (Wildman–Crippen MR) is 87.5 cm³/mol. The van der Waals surface area contributed by atoms with Gasteiger partial charge < -0.3 is 15.4 Å². The fraction of sp³-hybridized carbons (Fsp3) is 0.235. The van der Waals surface area contributed by atoms with Crippen molar-refractivity contribution in [2.24, 2.45) is 0 Å². The number of ether oxygens (including phenoxy) is 1. The molecule has 0 aliphatic carbocycles. The zero-order valence-corrected chi connectivity index (χ0v) is 12.9. The van der Waals surface area contributed by atoms with Gasteiger partial charge in [0.05, 0.1) is 23.5 Å². The van der Waals surface area contributed by atoms with Gasteiger partial charge in [-0.2, -0.15) is 5.26 Å². The molecule has 6 nitrogen and oxygen atoms in total. The number of nitriles is 1. The summed E-state index contributed by atoms with van der Waals surface area (Å²) in [5.41, 5.74) is 2.59. The van der Waals surface area contributed by atoms with Crippen LogP contribution in [0.15, 0.2) is 42.6 Å². The molecule has 1 amide bonds. The lowest BCUT2D eigenvalue weighted by molar-refractivity contribution is 0.0943. The number of hydrogen-bond acceptors (Lipinski definition) is 5. The Morgan fingerprint density at radius 3 is 2.57 bits per heavy atom. The summed E-state index contributed by atoms with van der Waals surface area (Å²) in [6.45, 7) is 1.17. The van der Waals surface area contributed by atoms with Gasteiger partial charge in [0.25, 0.3) is 5.91 Å². The van der Waals surface area contributed by atoms with E-state index < -0.39 is 0 Å². The molecule has 1 heterocycles. The maximum Gasteiger partial charge on any atom is 0.269 e. The molecule has 23 heavy (non-hydrogen) atoms. The smallest absolute Gasteiger partial charge is 0.269 e. The second kappa shape index (κ2) is 8.51. The van der Waals surface area contributed by atoms with Gasteiger partial charge in [-0.3, -0.25) is 4.79 Å². The number of hydrogen-bond donors (Lipinski definition) is 2. The molecule has 0 atom stereocenters. The first kappa shape index (κ1) is 16.5. The van der Waals surface area contributed by atoms with Crippen LogP contribution in [0.25, 0.3) is 0 Å². The van der Waals surface area contributed by atoms with Gasteiger partial charge in [0.1, 0.15) is 5.69 Å². The Balaban J connectivity index is 1.90. The number of rotatable bonds is 7. The first-order valence-corrected chi connectivity index (χ1v) is 7.23. The third-order valence-electron chi connectivity index (χ3n) is 3.11. The summed E-state index contributed by atoms with van der Waals surface area (Å²) in [6, 6.07) is 12.6. The predicted octanol–water partition coefficient (Wildman–Crippen LogP) is 2.46. The molecule has 0 spiro atoms. The van der Waals surface area contributed by atoms with E-state index in [9.17, 15) is 4.79 Å². The Hall–Kier alpha value is -2.91. The minimum absolute atomic E-state index is 0.203. The second-order valence-corrected chi connectivity index (χ2v) is 4.85. The Morgan fingerprint density at radius 2 is 1.96 bits per heavy atom. The highest BCUT2D eigenvalue weighted by molar-refractivity contribution is 5.92. The molecule has 1 aromatic carbocycles. The van der Waals surface area contributed by atoms with E-state index in [4.69, 9.17) is 10.00 Å². The van der Waals surface area contributed by atoms with Crippen molar-refractivity contribution >= 4 is 17.3 Å². The summed E-state index contributed by atoms with van der Waals surface area (Å²) in [5.74, 6) is -0.203. The van der Waals surface area contributed by atoms with Gasteiger partial charge in [-0.25, -0.2) is 4.98 Å². The molecule has 0 aliphatic rings. The zero-order valence-electron chi connectivity index (χ0n) is 12.9. The van der Waals surface area contributed by atoms with E-state index in [2.05, 4.69) is 21.7 Å². The molecule has 2 N–H and O–H groups in total. The maximum absolute atomic E-state index is 11.9. The van der Waals surface area contributed by atoms with Crippen LogP contribution in [0.1, 0.15) is 22.5 Å². The van der Waals surface area contributed by atoms with Gasteiger partial charge in [-0.15, -0.1) is 0 Å². The van der Waals surface area contributed by atoms with Gasteiger partial charge in [0.2, 0.25) is 0 Å². The highest BCUT2D eigenvalue weighted by atomic mass is 16.5. The largest absolute Gasteiger partial charge is 0.385 e. The van der Waals surface area contributed by atoms with Crippen LogP contribution in [-0.2, 0) is 4.74 Å². The first-order chi connectivity index (χ1) is 11.2. The van der Waals surface area contributed by atoms with Crippen molar-refractivity contribution in [3.05, 3.63) is 53.9 Å². The highest BCUT2D eigenvalue weighted by Gasteiger charge is 2.06. The first-order valence-electron chi connectivity index (χ1n) is 7.23. The van der Waals surface area contributed by atoms with Crippen molar-refractivity contribution < 1.29 is 9.53 Å². The standard InChI is InChI=1S/C17H18N4O2/c1-23-10-2-9-19-17(22)16-8-7-15(12-20-16)21-14-5-3-13(11-18)4-6-14/h3-8,12,21H,2,9-10H2,1H3,(H,19,22). The SMILES string of the molecule is COCCCNC(=O)c1ccc(Nc2ccc(C#N)cc2)cn1. The van der Waals surface area contributed by atoms with Crippen molar-refractivity contribution in [2.75, 3.05) is 25.6 Å². The number of nitrogens with zero attached hydrogens (tertiary/aromatic N) is 2. The molecule has 2 rings (SSSR count). The Bertz CT molecular complexity index is 675. The molecular weight excluding hydrogens is 292 g/mol. The monoisotopic (exact) mass is 310 g/mol. The molecule has 0 aliphatic heterocycles. The topological polar surface area (TPSA) is 87.0 Å². The number of carbonyl (C=O) groups is 1. The average molecular weight is 310 g/mol. The number of carbonyl (C=O) groups excluding carboxylic acids is 1. The summed E-state index contributed by atoms with van der Waals surface area (Å²) in [4.78, 5) is 16.0.